The number of methoxy groups -OCH3 is 1. The Bertz CT molecular complexity index is 867. The predicted molar refractivity (Wildman–Crippen MR) is 104 cm³/mol. The maximum Gasteiger partial charge on any atom is 0.240 e. The summed E-state index contributed by atoms with van der Waals surface area (Å²) in [5.74, 6) is 0.817. The minimum absolute atomic E-state index is 0.141. The Morgan fingerprint density at radius 1 is 1.04 bits per heavy atom. The number of nitrogens with one attached hydrogen (secondary N) is 1. The minimum Gasteiger partial charge on any atom is -0.497 e. The molecule has 1 N–H and O–H groups in total. The number of rotatable bonds is 6. The van der Waals surface area contributed by atoms with Crippen molar-refractivity contribution in [2.45, 2.75) is 49.8 Å². The van der Waals surface area contributed by atoms with E-state index >= 15 is 0 Å². The first-order chi connectivity index (χ1) is 12.4. The zero-order valence-electron chi connectivity index (χ0n) is 15.7. The fourth-order valence-corrected chi connectivity index (χ4v) is 5.33. The highest BCUT2D eigenvalue weighted by Gasteiger charge is 2.37. The summed E-state index contributed by atoms with van der Waals surface area (Å²) in [6.07, 6.45) is 4.23. The van der Waals surface area contributed by atoms with Crippen molar-refractivity contribution in [3.05, 3.63) is 59.2 Å². The van der Waals surface area contributed by atoms with Crippen molar-refractivity contribution < 1.29 is 13.2 Å². The molecule has 1 aliphatic rings. The van der Waals surface area contributed by atoms with E-state index in [2.05, 4.69) is 16.9 Å². The van der Waals surface area contributed by atoms with Gasteiger partial charge in [-0.05, 0) is 56.0 Å². The minimum atomic E-state index is -3.53. The van der Waals surface area contributed by atoms with Crippen molar-refractivity contribution in [3.8, 4) is 5.75 Å². The Labute approximate surface area is 156 Å². The molecule has 5 heteroatoms. The Morgan fingerprint density at radius 2 is 1.69 bits per heavy atom. The third-order valence-electron chi connectivity index (χ3n) is 5.48. The van der Waals surface area contributed by atoms with Crippen LogP contribution in [0.5, 0.6) is 5.75 Å². The number of sulfonamides is 1. The Hall–Kier alpha value is -1.85. The lowest BCUT2D eigenvalue weighted by Gasteiger charge is -2.30. The van der Waals surface area contributed by atoms with Crippen LogP contribution in [0, 0.1) is 13.8 Å². The van der Waals surface area contributed by atoms with Crippen LogP contribution in [0.3, 0.4) is 0 Å². The molecule has 0 bridgehead atoms. The molecule has 0 spiro atoms. The smallest absolute Gasteiger partial charge is 0.240 e. The molecule has 0 heterocycles. The van der Waals surface area contributed by atoms with Crippen molar-refractivity contribution in [3.63, 3.8) is 0 Å². The highest BCUT2D eigenvalue weighted by Crippen LogP contribution is 2.41. The second kappa shape index (κ2) is 7.41. The summed E-state index contributed by atoms with van der Waals surface area (Å²) in [4.78, 5) is 0.367. The molecule has 0 saturated heterocycles. The van der Waals surface area contributed by atoms with Crippen LogP contribution in [0.1, 0.15) is 42.4 Å². The van der Waals surface area contributed by atoms with Gasteiger partial charge in [0.25, 0.3) is 0 Å². The molecule has 1 fully saturated rings. The highest BCUT2D eigenvalue weighted by atomic mass is 32.2. The molecule has 3 rings (SSSR count). The molecule has 1 saturated carbocycles. The maximum atomic E-state index is 12.9. The standard InChI is InChI=1S/C21H27NO3S/c1-16-6-11-20(17(2)14-16)26(23,24)22-15-21(12-4-5-13-21)18-7-9-19(25-3)10-8-18/h6-11,14,22H,4-5,12-13,15H2,1-3H3. The zero-order chi connectivity index (χ0) is 18.8. The monoisotopic (exact) mass is 373 g/mol. The van der Waals surface area contributed by atoms with Gasteiger partial charge in [-0.15, -0.1) is 0 Å². The van der Waals surface area contributed by atoms with Crippen molar-refractivity contribution in [2.24, 2.45) is 0 Å². The Morgan fingerprint density at radius 3 is 2.27 bits per heavy atom. The maximum absolute atomic E-state index is 12.9. The zero-order valence-corrected chi connectivity index (χ0v) is 16.5. The van der Waals surface area contributed by atoms with Gasteiger partial charge < -0.3 is 4.74 Å². The van der Waals surface area contributed by atoms with Crippen LogP contribution in [-0.2, 0) is 15.4 Å². The van der Waals surface area contributed by atoms with Gasteiger partial charge in [0.05, 0.1) is 12.0 Å². The molecule has 4 nitrogen and oxygen atoms in total. The number of ether oxygens (including phenoxy) is 1. The quantitative estimate of drug-likeness (QED) is 0.829. The molecule has 2 aromatic carbocycles. The van der Waals surface area contributed by atoms with Crippen LogP contribution in [0.4, 0.5) is 0 Å². The average molecular weight is 374 g/mol. The van der Waals surface area contributed by atoms with Gasteiger partial charge in [0.1, 0.15) is 5.75 Å². The molecule has 0 aliphatic heterocycles. The lowest BCUT2D eigenvalue weighted by Crippen LogP contribution is -2.39. The summed E-state index contributed by atoms with van der Waals surface area (Å²) in [6.45, 7) is 4.24. The van der Waals surface area contributed by atoms with Gasteiger partial charge in [-0.1, -0.05) is 42.7 Å². The molecule has 1 aliphatic carbocycles. The first-order valence-corrected chi connectivity index (χ1v) is 10.6. The van der Waals surface area contributed by atoms with E-state index in [1.807, 2.05) is 38.1 Å². The third-order valence-corrected chi connectivity index (χ3v) is 7.05. The molecular formula is C21H27NO3S. The molecule has 140 valence electrons. The van der Waals surface area contributed by atoms with E-state index in [1.54, 1.807) is 13.2 Å². The first kappa shape index (κ1) is 18.9. The molecule has 0 radical (unpaired) electrons. The summed E-state index contributed by atoms with van der Waals surface area (Å²) in [6, 6.07) is 13.5. The fourth-order valence-electron chi connectivity index (χ4n) is 3.98. The molecule has 0 aromatic heterocycles. The number of hydrogen-bond donors (Lipinski definition) is 1. The molecule has 0 unspecified atom stereocenters. The summed E-state index contributed by atoms with van der Waals surface area (Å²) in [5.41, 5.74) is 2.88. The SMILES string of the molecule is COc1ccc(C2(CNS(=O)(=O)c3ccc(C)cc3C)CCCC2)cc1. The summed E-state index contributed by atoms with van der Waals surface area (Å²) >= 11 is 0. The second-order valence-corrected chi connectivity index (χ2v) is 9.04. The van der Waals surface area contributed by atoms with Gasteiger partial charge in [0.15, 0.2) is 0 Å². The predicted octanol–water partition coefficient (Wildman–Crippen LogP) is 4.10. The molecule has 26 heavy (non-hydrogen) atoms. The first-order valence-electron chi connectivity index (χ1n) is 9.08. The van der Waals surface area contributed by atoms with Crippen molar-refractivity contribution >= 4 is 10.0 Å². The summed E-state index contributed by atoms with van der Waals surface area (Å²) < 4.78 is 33.9. The van der Waals surface area contributed by atoms with Crippen LogP contribution >= 0.6 is 0 Å². The van der Waals surface area contributed by atoms with Crippen molar-refractivity contribution in [1.29, 1.82) is 0 Å². The van der Waals surface area contributed by atoms with Crippen LogP contribution in [0.15, 0.2) is 47.4 Å². The molecule has 2 aromatic rings. The van der Waals surface area contributed by atoms with Gasteiger partial charge >= 0.3 is 0 Å². The molecule has 0 amide bonds. The van der Waals surface area contributed by atoms with E-state index in [9.17, 15) is 8.42 Å². The van der Waals surface area contributed by atoms with E-state index in [0.717, 1.165) is 42.6 Å². The van der Waals surface area contributed by atoms with Crippen LogP contribution < -0.4 is 9.46 Å². The van der Waals surface area contributed by atoms with Crippen molar-refractivity contribution in [2.75, 3.05) is 13.7 Å². The van der Waals surface area contributed by atoms with Crippen molar-refractivity contribution in [1.82, 2.24) is 4.72 Å². The van der Waals surface area contributed by atoms with Gasteiger partial charge in [-0.3, -0.25) is 0 Å². The van der Waals surface area contributed by atoms with E-state index in [4.69, 9.17) is 4.74 Å². The lowest BCUT2D eigenvalue weighted by molar-refractivity contribution is 0.410. The summed E-state index contributed by atoms with van der Waals surface area (Å²) in [7, 11) is -1.88. The van der Waals surface area contributed by atoms with E-state index in [1.165, 1.54) is 5.56 Å². The van der Waals surface area contributed by atoms with E-state index in [0.29, 0.717) is 11.4 Å². The Kier molecular flexibility index (Phi) is 5.39. The van der Waals surface area contributed by atoms with E-state index in [-0.39, 0.29) is 5.41 Å². The van der Waals surface area contributed by atoms with Gasteiger partial charge in [-0.25, -0.2) is 13.1 Å². The normalized spacial score (nSPS) is 16.6. The largest absolute Gasteiger partial charge is 0.497 e. The fraction of sp³-hybridized carbons (Fsp3) is 0.429. The number of benzene rings is 2. The topological polar surface area (TPSA) is 55.4 Å². The van der Waals surface area contributed by atoms with Gasteiger partial charge in [-0.2, -0.15) is 0 Å². The number of hydrogen-bond acceptors (Lipinski definition) is 3. The van der Waals surface area contributed by atoms with Crippen LogP contribution in [0.2, 0.25) is 0 Å². The highest BCUT2D eigenvalue weighted by molar-refractivity contribution is 7.89. The lowest BCUT2D eigenvalue weighted by atomic mass is 9.79. The Balaban J connectivity index is 1.84. The van der Waals surface area contributed by atoms with Gasteiger partial charge in [0.2, 0.25) is 10.0 Å². The third kappa shape index (κ3) is 3.79. The number of aryl methyl sites for hydroxylation is 2. The van der Waals surface area contributed by atoms with Gasteiger partial charge in [0, 0.05) is 12.0 Å². The van der Waals surface area contributed by atoms with Crippen LogP contribution in [-0.4, -0.2) is 22.1 Å². The molecular weight excluding hydrogens is 346 g/mol. The summed E-state index contributed by atoms with van der Waals surface area (Å²) in [5, 5.41) is 0. The van der Waals surface area contributed by atoms with E-state index < -0.39 is 10.0 Å². The average Bonchev–Trinajstić information content (AvgIpc) is 3.10. The molecule has 0 atom stereocenters. The second-order valence-electron chi connectivity index (χ2n) is 7.31. The van der Waals surface area contributed by atoms with Crippen LogP contribution in [0.25, 0.3) is 0 Å².